The molecule has 2 nitrogen and oxygen atoms in total. The summed E-state index contributed by atoms with van der Waals surface area (Å²) in [7, 11) is 0. The van der Waals surface area contributed by atoms with E-state index in [1.54, 1.807) is 0 Å². The molecule has 0 bridgehead atoms. The molecule has 1 aliphatic rings. The number of benzene rings is 1. The molecule has 1 heterocycles. The molecule has 1 aromatic carbocycles. The summed E-state index contributed by atoms with van der Waals surface area (Å²) in [5.74, 6) is 0. The van der Waals surface area contributed by atoms with Crippen LogP contribution in [0.2, 0.25) is 5.02 Å². The van der Waals surface area contributed by atoms with Crippen molar-refractivity contribution >= 4 is 11.6 Å². The molecule has 0 aromatic heterocycles. The lowest BCUT2D eigenvalue weighted by Gasteiger charge is -2.28. The minimum absolute atomic E-state index is 0.0533. The van der Waals surface area contributed by atoms with Gasteiger partial charge in [-0.3, -0.25) is 0 Å². The molecule has 2 rings (SSSR count). The van der Waals surface area contributed by atoms with Crippen LogP contribution in [0.5, 0.6) is 0 Å². The van der Waals surface area contributed by atoms with Crippen LogP contribution in [0.15, 0.2) is 18.2 Å². The first-order valence-electron chi connectivity index (χ1n) is 4.34. The molecule has 0 fully saturated rings. The summed E-state index contributed by atoms with van der Waals surface area (Å²) in [5, 5.41) is 0.739. The summed E-state index contributed by atoms with van der Waals surface area (Å²) in [4.78, 5) is 0. The molecule has 2 atom stereocenters. The van der Waals surface area contributed by atoms with Gasteiger partial charge in [-0.15, -0.1) is 0 Å². The molecule has 2 N–H and O–H groups in total. The maximum Gasteiger partial charge on any atom is 0.0744 e. The van der Waals surface area contributed by atoms with Gasteiger partial charge in [0, 0.05) is 5.02 Å². The summed E-state index contributed by atoms with van der Waals surface area (Å²) < 4.78 is 5.49. The highest BCUT2D eigenvalue weighted by molar-refractivity contribution is 6.30. The molecular weight excluding hydrogens is 186 g/mol. The van der Waals surface area contributed by atoms with Crippen molar-refractivity contribution in [3.8, 4) is 0 Å². The Bertz CT molecular complexity index is 327. The second-order valence-electron chi connectivity index (χ2n) is 3.39. The van der Waals surface area contributed by atoms with Crippen LogP contribution in [0.4, 0.5) is 0 Å². The van der Waals surface area contributed by atoms with Gasteiger partial charge in [-0.2, -0.15) is 0 Å². The van der Waals surface area contributed by atoms with Gasteiger partial charge in [0.1, 0.15) is 0 Å². The van der Waals surface area contributed by atoms with Crippen molar-refractivity contribution in [1.29, 1.82) is 0 Å². The lowest BCUT2D eigenvalue weighted by atomic mass is 9.95. The highest BCUT2D eigenvalue weighted by Gasteiger charge is 2.23. The zero-order valence-electron chi connectivity index (χ0n) is 7.46. The predicted molar refractivity (Wildman–Crippen MR) is 52.6 cm³/mol. The lowest BCUT2D eigenvalue weighted by molar-refractivity contribution is 0.0214. The minimum atomic E-state index is -0.0533. The van der Waals surface area contributed by atoms with Crippen LogP contribution in [0, 0.1) is 0 Å². The summed E-state index contributed by atoms with van der Waals surface area (Å²) in [6.45, 7) is 2.62. The van der Waals surface area contributed by atoms with Crippen LogP contribution in [-0.4, -0.2) is 6.10 Å². The van der Waals surface area contributed by atoms with E-state index in [0.717, 1.165) is 16.1 Å². The Labute approximate surface area is 82.6 Å². The van der Waals surface area contributed by atoms with E-state index in [1.165, 1.54) is 0 Å². The fraction of sp³-hybridized carbons (Fsp3) is 0.400. The molecule has 13 heavy (non-hydrogen) atoms. The number of hydrogen-bond acceptors (Lipinski definition) is 2. The van der Waals surface area contributed by atoms with Gasteiger partial charge in [-0.1, -0.05) is 17.7 Å². The fourth-order valence-electron chi connectivity index (χ4n) is 1.59. The van der Waals surface area contributed by atoms with Crippen LogP contribution in [0.3, 0.4) is 0 Å². The number of hydrogen-bond donors (Lipinski definition) is 1. The van der Waals surface area contributed by atoms with Gasteiger partial charge in [0.25, 0.3) is 0 Å². The maximum absolute atomic E-state index is 5.98. The topological polar surface area (TPSA) is 35.2 Å². The van der Waals surface area contributed by atoms with Crippen molar-refractivity contribution in [3.63, 3.8) is 0 Å². The van der Waals surface area contributed by atoms with Crippen molar-refractivity contribution in [1.82, 2.24) is 0 Å². The van der Waals surface area contributed by atoms with Gasteiger partial charge in [-0.05, 0) is 30.2 Å². The van der Waals surface area contributed by atoms with Gasteiger partial charge in [0.2, 0.25) is 0 Å². The summed E-state index contributed by atoms with van der Waals surface area (Å²) in [6.07, 6.45) is 0.0750. The van der Waals surface area contributed by atoms with Gasteiger partial charge >= 0.3 is 0 Å². The number of rotatable bonds is 0. The average Bonchev–Trinajstić information content (AvgIpc) is 2.12. The number of halogens is 1. The van der Waals surface area contributed by atoms with Crippen LogP contribution in [-0.2, 0) is 11.3 Å². The Hall–Kier alpha value is -0.570. The third-order valence-electron chi connectivity index (χ3n) is 2.47. The Morgan fingerprint density at radius 3 is 3.08 bits per heavy atom. The quantitative estimate of drug-likeness (QED) is 0.693. The molecule has 1 aromatic rings. The van der Waals surface area contributed by atoms with Crippen molar-refractivity contribution in [2.75, 3.05) is 0 Å². The molecule has 0 amide bonds. The molecule has 0 aliphatic carbocycles. The Kier molecular flexibility index (Phi) is 2.28. The monoisotopic (exact) mass is 197 g/mol. The van der Waals surface area contributed by atoms with Crippen LogP contribution >= 0.6 is 11.6 Å². The molecule has 0 spiro atoms. The fourth-order valence-corrected chi connectivity index (χ4v) is 1.77. The average molecular weight is 198 g/mol. The smallest absolute Gasteiger partial charge is 0.0744 e. The first-order valence-corrected chi connectivity index (χ1v) is 4.72. The van der Waals surface area contributed by atoms with Crippen LogP contribution < -0.4 is 5.73 Å². The van der Waals surface area contributed by atoms with E-state index in [9.17, 15) is 0 Å². The van der Waals surface area contributed by atoms with E-state index in [1.807, 2.05) is 25.1 Å². The van der Waals surface area contributed by atoms with E-state index in [4.69, 9.17) is 22.1 Å². The summed E-state index contributed by atoms with van der Waals surface area (Å²) >= 11 is 5.89. The first kappa shape index (κ1) is 9.00. The molecule has 3 heteroatoms. The number of ether oxygens (including phenoxy) is 1. The van der Waals surface area contributed by atoms with E-state index in [-0.39, 0.29) is 12.1 Å². The predicted octanol–water partition coefficient (Wildman–Crippen LogP) is 2.26. The molecular formula is C10H12ClNO. The van der Waals surface area contributed by atoms with Crippen molar-refractivity contribution in [3.05, 3.63) is 34.3 Å². The van der Waals surface area contributed by atoms with Gasteiger partial charge in [0.15, 0.2) is 0 Å². The standard InChI is InChI=1S/C10H12ClNO/c1-6-10(12)9-4-8(11)3-2-7(9)5-13-6/h2-4,6,10H,5,12H2,1H3/t6-,10+/m0/s1. The Morgan fingerprint density at radius 1 is 1.54 bits per heavy atom. The normalized spacial score (nSPS) is 27.0. The Balaban J connectivity index is 2.45. The number of nitrogens with two attached hydrogens (primary N) is 1. The van der Waals surface area contributed by atoms with Crippen molar-refractivity contribution < 1.29 is 4.74 Å². The lowest BCUT2D eigenvalue weighted by Crippen LogP contribution is -2.31. The van der Waals surface area contributed by atoms with E-state index >= 15 is 0 Å². The van der Waals surface area contributed by atoms with Crippen LogP contribution in [0.1, 0.15) is 24.1 Å². The zero-order valence-corrected chi connectivity index (χ0v) is 8.21. The van der Waals surface area contributed by atoms with Crippen molar-refractivity contribution in [2.24, 2.45) is 5.73 Å². The zero-order chi connectivity index (χ0) is 9.42. The maximum atomic E-state index is 5.98. The van der Waals surface area contributed by atoms with Crippen LogP contribution in [0.25, 0.3) is 0 Å². The second-order valence-corrected chi connectivity index (χ2v) is 3.82. The third kappa shape index (κ3) is 1.57. The minimum Gasteiger partial charge on any atom is -0.372 e. The highest BCUT2D eigenvalue weighted by atomic mass is 35.5. The van der Waals surface area contributed by atoms with Gasteiger partial charge < -0.3 is 10.5 Å². The molecule has 0 unspecified atom stereocenters. The summed E-state index contributed by atoms with van der Waals surface area (Å²) in [5.41, 5.74) is 8.24. The molecule has 0 saturated carbocycles. The molecule has 1 aliphatic heterocycles. The third-order valence-corrected chi connectivity index (χ3v) is 2.71. The van der Waals surface area contributed by atoms with E-state index in [0.29, 0.717) is 6.61 Å². The summed E-state index contributed by atoms with van der Waals surface area (Å²) in [6, 6.07) is 5.72. The van der Waals surface area contributed by atoms with E-state index in [2.05, 4.69) is 0 Å². The molecule has 70 valence electrons. The molecule has 0 saturated heterocycles. The van der Waals surface area contributed by atoms with E-state index < -0.39 is 0 Å². The second kappa shape index (κ2) is 3.29. The highest BCUT2D eigenvalue weighted by Crippen LogP contribution is 2.29. The SMILES string of the molecule is C[C@@H]1OCc2ccc(Cl)cc2[C@@H]1N. The largest absolute Gasteiger partial charge is 0.372 e. The van der Waals surface area contributed by atoms with Gasteiger partial charge in [0.05, 0.1) is 18.8 Å². The molecule has 0 radical (unpaired) electrons. The van der Waals surface area contributed by atoms with Gasteiger partial charge in [-0.25, -0.2) is 0 Å². The Morgan fingerprint density at radius 2 is 2.31 bits per heavy atom. The number of fused-ring (bicyclic) bond motifs is 1. The van der Waals surface area contributed by atoms with Crippen molar-refractivity contribution in [2.45, 2.75) is 25.7 Å². The first-order chi connectivity index (χ1) is 6.18.